The molecule has 4 aromatic rings. The number of sulfone groups is 1. The number of hydrogen-bond acceptors (Lipinski definition) is 9. The number of halogens is 4. The first-order chi connectivity index (χ1) is 26.4. The minimum atomic E-state index is -4.91. The van der Waals surface area contributed by atoms with E-state index in [1.165, 1.54) is 32.1 Å². The smallest absolute Gasteiger partial charge is 0.417 e. The Kier molecular flexibility index (Phi) is 11.4. The lowest BCUT2D eigenvalue weighted by Gasteiger charge is -2.42. The van der Waals surface area contributed by atoms with E-state index >= 15 is 17.6 Å². The summed E-state index contributed by atoms with van der Waals surface area (Å²) in [6, 6.07) is 15.1. The molecule has 0 radical (unpaired) electrons. The van der Waals surface area contributed by atoms with Gasteiger partial charge >= 0.3 is 12.3 Å². The van der Waals surface area contributed by atoms with Gasteiger partial charge in [0.05, 0.1) is 31.2 Å². The minimum Gasteiger partial charge on any atom is -0.497 e. The quantitative estimate of drug-likeness (QED) is 0.129. The van der Waals surface area contributed by atoms with Gasteiger partial charge in [-0.25, -0.2) is 27.6 Å². The Balaban J connectivity index is 1.48. The van der Waals surface area contributed by atoms with Crippen molar-refractivity contribution in [3.05, 3.63) is 99.5 Å². The number of aromatic nitrogens is 2. The van der Waals surface area contributed by atoms with Gasteiger partial charge in [0.1, 0.15) is 17.3 Å². The molecule has 1 fully saturated rings. The summed E-state index contributed by atoms with van der Waals surface area (Å²) >= 11 is 0. The number of ether oxygens (including phenoxy) is 2. The van der Waals surface area contributed by atoms with Gasteiger partial charge in [0.2, 0.25) is 15.0 Å². The van der Waals surface area contributed by atoms with Crippen LogP contribution in [-0.4, -0.2) is 80.6 Å². The molecule has 11 nitrogen and oxygen atoms in total. The van der Waals surface area contributed by atoms with E-state index in [4.69, 9.17) is 9.47 Å². The second-order valence-corrected chi connectivity index (χ2v) is 16.6. The van der Waals surface area contributed by atoms with Crippen LogP contribution in [0.25, 0.3) is 0 Å². The SMILES string of the molecule is COc1ccc(CN(Cc2ccc(OC)cc2)c2cc(C)c(C(F)(F)F)c([C@@H]3Cc4nc(S(C)(=O)=O)nc(N5CCN(C(=O)O)CC5C)c4C[C@H]3C)c2F)cc1. The third-order valence-electron chi connectivity index (χ3n) is 10.7. The summed E-state index contributed by atoms with van der Waals surface area (Å²) in [6.45, 7) is 5.67. The minimum absolute atomic E-state index is 0.0135. The van der Waals surface area contributed by atoms with Crippen molar-refractivity contribution in [2.45, 2.75) is 70.0 Å². The zero-order chi connectivity index (χ0) is 40.7. The highest BCUT2D eigenvalue weighted by Gasteiger charge is 2.44. The molecular formula is C40H45F4N5O6S. The maximum absolute atomic E-state index is 17.5. The molecule has 1 unspecified atom stereocenters. The monoisotopic (exact) mass is 799 g/mol. The van der Waals surface area contributed by atoms with Crippen LogP contribution in [0.2, 0.25) is 0 Å². The van der Waals surface area contributed by atoms with E-state index in [-0.39, 0.29) is 62.5 Å². The molecule has 16 heteroatoms. The van der Waals surface area contributed by atoms with E-state index in [1.54, 1.807) is 43.0 Å². The van der Waals surface area contributed by atoms with Crippen molar-refractivity contribution in [3.8, 4) is 11.5 Å². The zero-order valence-electron chi connectivity index (χ0n) is 32.0. The molecule has 0 bridgehead atoms. The van der Waals surface area contributed by atoms with E-state index in [0.29, 0.717) is 22.9 Å². The lowest BCUT2D eigenvalue weighted by atomic mass is 9.73. The largest absolute Gasteiger partial charge is 0.497 e. The predicted octanol–water partition coefficient (Wildman–Crippen LogP) is 7.28. The van der Waals surface area contributed by atoms with Crippen molar-refractivity contribution in [1.82, 2.24) is 14.9 Å². The van der Waals surface area contributed by atoms with E-state index in [2.05, 4.69) is 9.97 Å². The highest BCUT2D eigenvalue weighted by molar-refractivity contribution is 7.90. The third-order valence-corrected chi connectivity index (χ3v) is 11.6. The number of methoxy groups -OCH3 is 2. The zero-order valence-corrected chi connectivity index (χ0v) is 32.8. The van der Waals surface area contributed by atoms with Crippen LogP contribution in [0.1, 0.15) is 58.8 Å². The van der Waals surface area contributed by atoms with Crippen molar-refractivity contribution in [2.75, 3.05) is 49.9 Å². The number of rotatable bonds is 10. The summed E-state index contributed by atoms with van der Waals surface area (Å²) in [4.78, 5) is 25.3. The van der Waals surface area contributed by atoms with Crippen molar-refractivity contribution < 1.29 is 45.4 Å². The summed E-state index contributed by atoms with van der Waals surface area (Å²) in [5.41, 5.74) is 0.590. The normalized spacial score (nSPS) is 18.7. The van der Waals surface area contributed by atoms with Gasteiger partial charge in [0.25, 0.3) is 0 Å². The Morgan fingerprint density at radius 1 is 0.946 bits per heavy atom. The highest BCUT2D eigenvalue weighted by atomic mass is 32.2. The fourth-order valence-corrected chi connectivity index (χ4v) is 8.40. The Bertz CT molecular complexity index is 2150. The van der Waals surface area contributed by atoms with Gasteiger partial charge in [-0.3, -0.25) is 0 Å². The maximum atomic E-state index is 17.5. The first-order valence-corrected chi connectivity index (χ1v) is 20.0. The Labute approximate surface area is 323 Å². The summed E-state index contributed by atoms with van der Waals surface area (Å²) in [5, 5.41) is 9.07. The third kappa shape index (κ3) is 8.34. The van der Waals surface area contributed by atoms with Crippen LogP contribution >= 0.6 is 0 Å². The molecule has 2 aliphatic rings. The highest BCUT2D eigenvalue weighted by Crippen LogP contribution is 2.48. The number of anilines is 2. The number of alkyl halides is 3. The molecule has 1 aliphatic carbocycles. The molecule has 1 N–H and O–H groups in total. The number of hydrogen-bond donors (Lipinski definition) is 1. The molecule has 1 aromatic heterocycles. The van der Waals surface area contributed by atoms with E-state index in [1.807, 2.05) is 29.2 Å². The van der Waals surface area contributed by atoms with Gasteiger partial charge in [-0.15, -0.1) is 0 Å². The Hall–Kier alpha value is -5.12. The molecule has 6 rings (SSSR count). The number of fused-ring (bicyclic) bond motifs is 1. The van der Waals surface area contributed by atoms with Crippen molar-refractivity contribution in [3.63, 3.8) is 0 Å². The maximum Gasteiger partial charge on any atom is 0.417 e. The molecule has 0 saturated carbocycles. The van der Waals surface area contributed by atoms with Crippen molar-refractivity contribution in [1.29, 1.82) is 0 Å². The standard InChI is InChI=1S/C40H45F4N5O6S/c1-23-17-31-32(45-38(56(6,52)53)46-37(31)49-16-15-47(39(50)51)20-25(49)3)19-30(23)34-35(40(42,43)44)24(2)18-33(36(34)41)48(21-26-7-11-28(54-4)12-8-26)22-27-9-13-29(55-5)14-10-27/h7-14,18,23,25,30H,15-17,19-22H2,1-6H3,(H,50,51)/t23-,25?,30-/m1/s1. The van der Waals surface area contributed by atoms with Crippen molar-refractivity contribution in [2.24, 2.45) is 5.92 Å². The van der Waals surface area contributed by atoms with Gasteiger partial charge in [-0.05, 0) is 85.5 Å². The summed E-state index contributed by atoms with van der Waals surface area (Å²) in [5.74, 6) is -1.09. The number of piperazine rings is 1. The van der Waals surface area contributed by atoms with E-state index in [9.17, 15) is 18.3 Å². The van der Waals surface area contributed by atoms with E-state index in [0.717, 1.165) is 17.4 Å². The molecule has 1 amide bonds. The van der Waals surface area contributed by atoms with E-state index < -0.39 is 62.1 Å². The molecule has 3 atom stereocenters. The Morgan fingerprint density at radius 3 is 2.00 bits per heavy atom. The van der Waals surface area contributed by atoms with Gasteiger partial charge in [0, 0.05) is 56.1 Å². The molecule has 56 heavy (non-hydrogen) atoms. The molecule has 2 heterocycles. The molecule has 3 aromatic carbocycles. The van der Waals surface area contributed by atoms with Crippen molar-refractivity contribution >= 4 is 27.4 Å². The molecule has 1 aliphatic heterocycles. The number of nitrogens with zero attached hydrogens (tertiary/aromatic N) is 5. The second-order valence-electron chi connectivity index (χ2n) is 14.7. The Morgan fingerprint density at radius 2 is 1.52 bits per heavy atom. The van der Waals surface area contributed by atoms with Crippen LogP contribution in [0, 0.1) is 18.7 Å². The number of benzene rings is 3. The molecule has 1 saturated heterocycles. The topological polar surface area (TPSA) is 125 Å². The van der Waals surface area contributed by atoms with Crippen LogP contribution in [0.5, 0.6) is 11.5 Å². The number of aryl methyl sites for hydroxylation is 1. The lowest BCUT2D eigenvalue weighted by molar-refractivity contribution is -0.139. The summed E-state index contributed by atoms with van der Waals surface area (Å²) < 4.78 is 99.3. The lowest BCUT2D eigenvalue weighted by Crippen LogP contribution is -2.54. The number of carboxylic acid groups (broad SMARTS) is 1. The average molecular weight is 800 g/mol. The molecule has 0 spiro atoms. The van der Waals surface area contributed by atoms with Crippen LogP contribution in [-0.2, 0) is 41.9 Å². The summed E-state index contributed by atoms with van der Waals surface area (Å²) in [7, 11) is -0.923. The number of carbonyl (C=O) groups is 1. The molecule has 300 valence electrons. The second kappa shape index (κ2) is 15.8. The van der Waals surface area contributed by atoms with Gasteiger partial charge in [0.15, 0.2) is 5.82 Å². The van der Waals surface area contributed by atoms with Gasteiger partial charge in [-0.2, -0.15) is 13.2 Å². The fourth-order valence-electron chi connectivity index (χ4n) is 7.87. The average Bonchev–Trinajstić information content (AvgIpc) is 3.14. The first-order valence-electron chi connectivity index (χ1n) is 18.1. The first kappa shape index (κ1) is 40.5. The summed E-state index contributed by atoms with van der Waals surface area (Å²) in [6.07, 6.45) is -5.10. The fraction of sp³-hybridized carbons (Fsp3) is 0.425. The van der Waals surface area contributed by atoms with Gasteiger partial charge < -0.3 is 29.3 Å². The van der Waals surface area contributed by atoms with Crippen LogP contribution in [0.15, 0.2) is 59.8 Å². The van der Waals surface area contributed by atoms with Crippen LogP contribution in [0.3, 0.4) is 0 Å². The predicted molar refractivity (Wildman–Crippen MR) is 203 cm³/mol. The van der Waals surface area contributed by atoms with Crippen LogP contribution in [0.4, 0.5) is 33.9 Å². The number of amides is 1. The van der Waals surface area contributed by atoms with Gasteiger partial charge in [-0.1, -0.05) is 31.2 Å². The molecular weight excluding hydrogens is 755 g/mol. The van der Waals surface area contributed by atoms with Crippen LogP contribution < -0.4 is 19.3 Å².